The van der Waals surface area contributed by atoms with Crippen LogP contribution in [-0.2, 0) is 9.59 Å². The summed E-state index contributed by atoms with van der Waals surface area (Å²) in [4.78, 5) is 27.4. The Morgan fingerprint density at radius 2 is 1.89 bits per heavy atom. The summed E-state index contributed by atoms with van der Waals surface area (Å²) in [6.07, 6.45) is 0. The Morgan fingerprint density at radius 3 is 2.59 bits per heavy atom. The molecule has 1 heterocycles. The third-order valence-electron chi connectivity index (χ3n) is 3.48. The molecule has 138 valence electrons. The molecule has 3 rings (SSSR count). The van der Waals surface area contributed by atoms with Gasteiger partial charge in [-0.15, -0.1) is 11.3 Å². The van der Waals surface area contributed by atoms with Gasteiger partial charge in [0.05, 0.1) is 21.7 Å². The largest absolute Gasteiger partial charge is 0.427 e. The van der Waals surface area contributed by atoms with Crippen LogP contribution in [0.4, 0.5) is 0 Å². The molecule has 0 atom stereocenters. The van der Waals surface area contributed by atoms with Gasteiger partial charge >= 0.3 is 5.97 Å². The van der Waals surface area contributed by atoms with Gasteiger partial charge in [-0.05, 0) is 48.9 Å². The highest BCUT2D eigenvalue weighted by molar-refractivity contribution is 8.01. The van der Waals surface area contributed by atoms with Crippen LogP contribution in [0.1, 0.15) is 19.4 Å². The van der Waals surface area contributed by atoms with Crippen molar-refractivity contribution in [2.75, 3.05) is 5.75 Å². The molecule has 0 unspecified atom stereocenters. The van der Waals surface area contributed by atoms with E-state index in [1.165, 1.54) is 18.7 Å². The van der Waals surface area contributed by atoms with Crippen molar-refractivity contribution in [2.24, 2.45) is 5.10 Å². The molecule has 8 heteroatoms. The van der Waals surface area contributed by atoms with Crippen molar-refractivity contribution >= 4 is 50.9 Å². The van der Waals surface area contributed by atoms with Crippen molar-refractivity contribution in [3.63, 3.8) is 0 Å². The van der Waals surface area contributed by atoms with E-state index in [0.717, 1.165) is 20.1 Å². The number of amides is 1. The van der Waals surface area contributed by atoms with E-state index in [9.17, 15) is 9.59 Å². The summed E-state index contributed by atoms with van der Waals surface area (Å²) in [5, 5.41) is 4.12. The van der Waals surface area contributed by atoms with Gasteiger partial charge in [0.2, 0.25) is 0 Å². The molecule has 6 nitrogen and oxygen atoms in total. The third kappa shape index (κ3) is 5.38. The highest BCUT2D eigenvalue weighted by Gasteiger charge is 2.07. The van der Waals surface area contributed by atoms with Crippen LogP contribution in [-0.4, -0.2) is 28.3 Å². The first kappa shape index (κ1) is 19.1. The van der Waals surface area contributed by atoms with E-state index in [1.807, 2.05) is 24.3 Å². The maximum atomic E-state index is 12.0. The zero-order valence-corrected chi connectivity index (χ0v) is 16.4. The predicted molar refractivity (Wildman–Crippen MR) is 108 cm³/mol. The highest BCUT2D eigenvalue weighted by atomic mass is 32.2. The monoisotopic (exact) mass is 399 g/mol. The zero-order valence-electron chi connectivity index (χ0n) is 14.8. The molecule has 0 saturated carbocycles. The van der Waals surface area contributed by atoms with Crippen LogP contribution in [0.2, 0.25) is 0 Å². The van der Waals surface area contributed by atoms with Gasteiger partial charge in [-0.1, -0.05) is 23.9 Å². The van der Waals surface area contributed by atoms with Crippen molar-refractivity contribution in [3.05, 3.63) is 54.1 Å². The Labute approximate surface area is 164 Å². The van der Waals surface area contributed by atoms with Gasteiger partial charge in [-0.3, -0.25) is 9.59 Å². The second-order valence-corrected chi connectivity index (χ2v) is 7.84. The summed E-state index contributed by atoms with van der Waals surface area (Å²) >= 11 is 2.95. The molecule has 2 aromatic carbocycles. The van der Waals surface area contributed by atoms with Gasteiger partial charge in [0.1, 0.15) is 5.75 Å². The van der Waals surface area contributed by atoms with Crippen LogP contribution in [0.3, 0.4) is 0 Å². The fourth-order valence-corrected chi connectivity index (χ4v) is 4.07. The van der Waals surface area contributed by atoms with E-state index in [2.05, 4.69) is 15.5 Å². The minimum absolute atomic E-state index is 0.199. The number of rotatable bonds is 6. The van der Waals surface area contributed by atoms with Crippen molar-refractivity contribution in [3.8, 4) is 5.75 Å². The Kier molecular flexibility index (Phi) is 6.20. The molecule has 0 aliphatic rings. The van der Waals surface area contributed by atoms with Crippen LogP contribution in [0.25, 0.3) is 10.2 Å². The molecule has 0 spiro atoms. The number of hydrogen-bond acceptors (Lipinski definition) is 7. The van der Waals surface area contributed by atoms with Crippen molar-refractivity contribution < 1.29 is 14.3 Å². The summed E-state index contributed by atoms with van der Waals surface area (Å²) in [6.45, 7) is 3.14. The number of aromatic nitrogens is 1. The number of carbonyl (C=O) groups is 2. The number of esters is 1. The fourth-order valence-electron chi connectivity index (χ4n) is 2.21. The fraction of sp³-hybridized carbons (Fsp3) is 0.158. The van der Waals surface area contributed by atoms with Gasteiger partial charge in [0.25, 0.3) is 5.91 Å². The van der Waals surface area contributed by atoms with Crippen molar-refractivity contribution in [2.45, 2.75) is 18.2 Å². The van der Waals surface area contributed by atoms with Crippen LogP contribution < -0.4 is 10.2 Å². The first-order valence-corrected chi connectivity index (χ1v) is 9.92. The zero-order chi connectivity index (χ0) is 19.2. The lowest BCUT2D eigenvalue weighted by Gasteiger charge is -2.04. The average Bonchev–Trinajstić information content (AvgIpc) is 3.07. The predicted octanol–water partition coefficient (Wildman–Crippen LogP) is 3.85. The molecular formula is C19H17N3O3S2. The average molecular weight is 399 g/mol. The van der Waals surface area contributed by atoms with Gasteiger partial charge in [-0.2, -0.15) is 5.10 Å². The number of hydrazone groups is 1. The number of nitrogens with one attached hydrogen (secondary N) is 1. The summed E-state index contributed by atoms with van der Waals surface area (Å²) in [6, 6.07) is 14.8. The maximum absolute atomic E-state index is 12.0. The number of thiazole rings is 1. The van der Waals surface area contributed by atoms with E-state index in [-0.39, 0.29) is 17.6 Å². The molecule has 0 bridgehead atoms. The van der Waals surface area contributed by atoms with Crippen LogP contribution in [0.5, 0.6) is 5.75 Å². The molecule has 27 heavy (non-hydrogen) atoms. The second-order valence-electron chi connectivity index (χ2n) is 5.59. The smallest absolute Gasteiger partial charge is 0.308 e. The molecule has 0 radical (unpaired) electrons. The lowest BCUT2D eigenvalue weighted by molar-refractivity contribution is -0.131. The van der Waals surface area contributed by atoms with Crippen molar-refractivity contribution in [1.29, 1.82) is 0 Å². The molecular weight excluding hydrogens is 382 g/mol. The molecule has 3 aromatic rings. The minimum atomic E-state index is -0.369. The van der Waals surface area contributed by atoms with Gasteiger partial charge in [0, 0.05) is 6.92 Å². The molecule has 0 aliphatic heterocycles. The van der Waals surface area contributed by atoms with E-state index in [0.29, 0.717) is 11.5 Å². The number of thioether (sulfide) groups is 1. The quantitative estimate of drug-likeness (QED) is 0.224. The molecule has 0 fully saturated rings. The SMILES string of the molecule is CC(=O)Oc1ccc(/C(C)=N\NC(=O)CSc2nc3ccccc3s2)cc1. The number of fused-ring (bicyclic) bond motifs is 1. The Bertz CT molecular complexity index is 964. The molecule has 0 saturated heterocycles. The second kappa shape index (κ2) is 8.79. The Hall–Kier alpha value is -2.71. The Morgan fingerprint density at radius 1 is 1.15 bits per heavy atom. The summed E-state index contributed by atoms with van der Waals surface area (Å²) < 4.78 is 6.94. The molecule has 0 aliphatic carbocycles. The molecule has 1 aromatic heterocycles. The van der Waals surface area contributed by atoms with E-state index in [1.54, 1.807) is 42.5 Å². The number of para-hydroxylation sites is 1. The third-order valence-corrected chi connectivity index (χ3v) is 5.66. The van der Waals surface area contributed by atoms with Gasteiger partial charge in [-0.25, -0.2) is 10.4 Å². The molecule has 1 amide bonds. The van der Waals surface area contributed by atoms with Crippen LogP contribution in [0, 0.1) is 0 Å². The summed E-state index contributed by atoms with van der Waals surface area (Å²) in [5.74, 6) is 0.138. The highest BCUT2D eigenvalue weighted by Crippen LogP contribution is 2.29. The van der Waals surface area contributed by atoms with Crippen LogP contribution >= 0.6 is 23.1 Å². The topological polar surface area (TPSA) is 80.6 Å². The van der Waals surface area contributed by atoms with Crippen LogP contribution in [0.15, 0.2) is 58.0 Å². The van der Waals surface area contributed by atoms with Crippen molar-refractivity contribution in [1.82, 2.24) is 10.4 Å². The number of hydrogen-bond donors (Lipinski definition) is 1. The number of nitrogens with zero attached hydrogens (tertiary/aromatic N) is 2. The van der Waals surface area contributed by atoms with Gasteiger partial charge < -0.3 is 4.74 Å². The lowest BCUT2D eigenvalue weighted by Crippen LogP contribution is -2.21. The summed E-state index contributed by atoms with van der Waals surface area (Å²) in [7, 11) is 0. The lowest BCUT2D eigenvalue weighted by atomic mass is 10.1. The molecule has 1 N–H and O–H groups in total. The Balaban J connectivity index is 1.53. The minimum Gasteiger partial charge on any atom is -0.427 e. The number of benzene rings is 2. The van der Waals surface area contributed by atoms with Gasteiger partial charge in [0.15, 0.2) is 4.34 Å². The summed E-state index contributed by atoms with van der Waals surface area (Å²) in [5.41, 5.74) is 4.97. The van der Waals surface area contributed by atoms with E-state index < -0.39 is 0 Å². The normalized spacial score (nSPS) is 11.4. The maximum Gasteiger partial charge on any atom is 0.308 e. The number of ether oxygens (including phenoxy) is 1. The van der Waals surface area contributed by atoms with E-state index in [4.69, 9.17) is 4.74 Å². The number of carbonyl (C=O) groups excluding carboxylic acids is 2. The van der Waals surface area contributed by atoms with E-state index >= 15 is 0 Å². The first-order chi connectivity index (χ1) is 13.0. The first-order valence-electron chi connectivity index (χ1n) is 8.11. The standard InChI is InChI=1S/C19H17N3O3S2/c1-12(14-7-9-15(10-8-14)25-13(2)23)21-22-18(24)11-26-19-20-16-5-3-4-6-17(16)27-19/h3-10H,11H2,1-2H3,(H,22,24)/b21-12-.